The minimum atomic E-state index is -0.192. The SMILES string of the molecule is CN(C)C(=O)N1CCC(NC(=O)c2ccco2)CC1. The zero-order valence-electron chi connectivity index (χ0n) is 11.3. The summed E-state index contributed by atoms with van der Waals surface area (Å²) in [7, 11) is 3.49. The minimum absolute atomic E-state index is 0.0239. The average molecular weight is 265 g/mol. The number of nitrogens with one attached hydrogen (secondary N) is 1. The number of amides is 3. The summed E-state index contributed by atoms with van der Waals surface area (Å²) in [6, 6.07) is 3.45. The first kappa shape index (κ1) is 13.5. The molecule has 0 unspecified atom stereocenters. The summed E-state index contributed by atoms with van der Waals surface area (Å²) in [6.07, 6.45) is 3.02. The summed E-state index contributed by atoms with van der Waals surface area (Å²) in [5.74, 6) is 0.134. The Hall–Kier alpha value is -1.98. The van der Waals surface area contributed by atoms with E-state index in [1.165, 1.54) is 6.26 Å². The normalized spacial score (nSPS) is 16.2. The number of piperidine rings is 1. The second kappa shape index (κ2) is 5.77. The third kappa shape index (κ3) is 3.27. The third-order valence-electron chi connectivity index (χ3n) is 3.23. The van der Waals surface area contributed by atoms with Crippen molar-refractivity contribution >= 4 is 11.9 Å². The Morgan fingerprint density at radius 1 is 1.37 bits per heavy atom. The first-order chi connectivity index (χ1) is 9.08. The first-order valence-corrected chi connectivity index (χ1v) is 6.38. The van der Waals surface area contributed by atoms with Gasteiger partial charge < -0.3 is 19.5 Å². The molecule has 0 spiro atoms. The molecule has 0 aliphatic carbocycles. The number of nitrogens with zero attached hydrogens (tertiary/aromatic N) is 2. The van der Waals surface area contributed by atoms with E-state index in [0.717, 1.165) is 12.8 Å². The van der Waals surface area contributed by atoms with Crippen LogP contribution in [0.25, 0.3) is 0 Å². The van der Waals surface area contributed by atoms with Crippen molar-refractivity contribution < 1.29 is 14.0 Å². The van der Waals surface area contributed by atoms with Crippen LogP contribution < -0.4 is 5.32 Å². The highest BCUT2D eigenvalue weighted by molar-refractivity contribution is 5.91. The molecule has 6 nitrogen and oxygen atoms in total. The van der Waals surface area contributed by atoms with Crippen molar-refractivity contribution in [2.45, 2.75) is 18.9 Å². The summed E-state index contributed by atoms with van der Waals surface area (Å²) >= 11 is 0. The van der Waals surface area contributed by atoms with Crippen LogP contribution in [-0.4, -0.2) is 55.0 Å². The van der Waals surface area contributed by atoms with Crippen LogP contribution >= 0.6 is 0 Å². The maximum Gasteiger partial charge on any atom is 0.319 e. The van der Waals surface area contributed by atoms with Crippen LogP contribution in [0.4, 0.5) is 4.79 Å². The van der Waals surface area contributed by atoms with Crippen molar-refractivity contribution in [2.75, 3.05) is 27.2 Å². The van der Waals surface area contributed by atoms with Crippen molar-refractivity contribution in [3.05, 3.63) is 24.2 Å². The zero-order chi connectivity index (χ0) is 13.8. The predicted octanol–water partition coefficient (Wildman–Crippen LogP) is 1.16. The lowest BCUT2D eigenvalue weighted by Gasteiger charge is -2.33. The molecule has 1 aromatic heterocycles. The number of hydrogen-bond donors (Lipinski definition) is 1. The van der Waals surface area contributed by atoms with Crippen LogP contribution in [0.2, 0.25) is 0 Å². The standard InChI is InChI=1S/C13H19N3O3/c1-15(2)13(18)16-7-5-10(6-8-16)14-12(17)11-4-3-9-19-11/h3-4,9-10H,5-8H2,1-2H3,(H,14,17). The number of furan rings is 1. The highest BCUT2D eigenvalue weighted by Crippen LogP contribution is 2.12. The van der Waals surface area contributed by atoms with Gasteiger partial charge in [0.05, 0.1) is 6.26 Å². The molecule has 1 fully saturated rings. The lowest BCUT2D eigenvalue weighted by atomic mass is 10.1. The van der Waals surface area contributed by atoms with Crippen LogP contribution in [-0.2, 0) is 0 Å². The largest absolute Gasteiger partial charge is 0.459 e. The molecule has 1 aromatic rings. The van der Waals surface area contributed by atoms with Crippen molar-refractivity contribution in [2.24, 2.45) is 0 Å². The second-order valence-corrected chi connectivity index (χ2v) is 4.89. The van der Waals surface area contributed by atoms with Crippen molar-refractivity contribution in [3.63, 3.8) is 0 Å². The number of likely N-dealkylation sites (tertiary alicyclic amines) is 1. The fourth-order valence-electron chi connectivity index (χ4n) is 2.16. The molecular formula is C13H19N3O3. The summed E-state index contributed by atoms with van der Waals surface area (Å²) in [4.78, 5) is 26.9. The highest BCUT2D eigenvalue weighted by atomic mass is 16.3. The van der Waals surface area contributed by atoms with E-state index in [-0.39, 0.29) is 18.0 Å². The Balaban J connectivity index is 1.81. The fraction of sp³-hybridized carbons (Fsp3) is 0.538. The van der Waals surface area contributed by atoms with Crippen LogP contribution in [0.3, 0.4) is 0 Å². The Kier molecular flexibility index (Phi) is 4.09. The summed E-state index contributed by atoms with van der Waals surface area (Å²) in [6.45, 7) is 1.33. The van der Waals surface area contributed by atoms with Gasteiger partial charge in [0.2, 0.25) is 0 Å². The van der Waals surface area contributed by atoms with Gasteiger partial charge in [0.1, 0.15) is 0 Å². The molecule has 0 radical (unpaired) electrons. The molecule has 2 rings (SSSR count). The molecule has 104 valence electrons. The van der Waals surface area contributed by atoms with Crippen molar-refractivity contribution in [1.29, 1.82) is 0 Å². The molecular weight excluding hydrogens is 246 g/mol. The van der Waals surface area contributed by atoms with E-state index < -0.39 is 0 Å². The van der Waals surface area contributed by atoms with E-state index in [9.17, 15) is 9.59 Å². The number of carbonyl (C=O) groups is 2. The number of carbonyl (C=O) groups excluding carboxylic acids is 2. The summed E-state index contributed by atoms with van der Waals surface area (Å²) < 4.78 is 5.04. The zero-order valence-corrected chi connectivity index (χ0v) is 11.3. The molecule has 0 saturated carbocycles. The van der Waals surface area contributed by atoms with Gasteiger partial charge >= 0.3 is 6.03 Å². The van der Waals surface area contributed by atoms with Gasteiger partial charge in [-0.25, -0.2) is 4.79 Å². The molecule has 0 atom stereocenters. The Bertz CT molecular complexity index is 434. The van der Waals surface area contributed by atoms with E-state index in [1.807, 2.05) is 0 Å². The van der Waals surface area contributed by atoms with Gasteiger partial charge in [-0.3, -0.25) is 4.79 Å². The molecule has 0 aromatic carbocycles. The van der Waals surface area contributed by atoms with Gasteiger partial charge in [-0.1, -0.05) is 0 Å². The van der Waals surface area contributed by atoms with Crippen LogP contribution in [0, 0.1) is 0 Å². The van der Waals surface area contributed by atoms with E-state index in [0.29, 0.717) is 18.8 Å². The van der Waals surface area contributed by atoms with E-state index in [4.69, 9.17) is 4.42 Å². The Morgan fingerprint density at radius 3 is 2.58 bits per heavy atom. The highest BCUT2D eigenvalue weighted by Gasteiger charge is 2.25. The molecule has 2 heterocycles. The van der Waals surface area contributed by atoms with Gasteiger partial charge in [-0.15, -0.1) is 0 Å². The molecule has 1 N–H and O–H groups in total. The number of urea groups is 1. The lowest BCUT2D eigenvalue weighted by molar-refractivity contribution is 0.0886. The van der Waals surface area contributed by atoms with Crippen LogP contribution in [0.5, 0.6) is 0 Å². The minimum Gasteiger partial charge on any atom is -0.459 e. The van der Waals surface area contributed by atoms with Crippen LogP contribution in [0.1, 0.15) is 23.4 Å². The molecule has 19 heavy (non-hydrogen) atoms. The van der Waals surface area contributed by atoms with Gasteiger partial charge in [-0.05, 0) is 25.0 Å². The van der Waals surface area contributed by atoms with Crippen LogP contribution in [0.15, 0.2) is 22.8 Å². The maximum absolute atomic E-state index is 11.8. The summed E-state index contributed by atoms with van der Waals surface area (Å²) in [5.41, 5.74) is 0. The molecule has 1 aliphatic rings. The smallest absolute Gasteiger partial charge is 0.319 e. The molecule has 1 saturated heterocycles. The number of hydrogen-bond acceptors (Lipinski definition) is 3. The Labute approximate surface area is 112 Å². The summed E-state index contributed by atoms with van der Waals surface area (Å²) in [5, 5.41) is 2.93. The quantitative estimate of drug-likeness (QED) is 0.872. The molecule has 1 aliphatic heterocycles. The Morgan fingerprint density at radius 2 is 2.05 bits per heavy atom. The maximum atomic E-state index is 11.8. The van der Waals surface area contributed by atoms with E-state index in [1.54, 1.807) is 36.0 Å². The van der Waals surface area contributed by atoms with Gasteiger partial charge in [0.25, 0.3) is 5.91 Å². The van der Waals surface area contributed by atoms with Gasteiger partial charge in [-0.2, -0.15) is 0 Å². The molecule has 3 amide bonds. The third-order valence-corrected chi connectivity index (χ3v) is 3.23. The van der Waals surface area contributed by atoms with Gasteiger partial charge in [0.15, 0.2) is 5.76 Å². The first-order valence-electron chi connectivity index (χ1n) is 6.38. The lowest BCUT2D eigenvalue weighted by Crippen LogP contribution is -2.49. The number of rotatable bonds is 2. The fourth-order valence-corrected chi connectivity index (χ4v) is 2.16. The predicted molar refractivity (Wildman–Crippen MR) is 69.9 cm³/mol. The van der Waals surface area contributed by atoms with E-state index >= 15 is 0 Å². The monoisotopic (exact) mass is 265 g/mol. The molecule has 6 heteroatoms. The second-order valence-electron chi connectivity index (χ2n) is 4.89. The topological polar surface area (TPSA) is 65.8 Å². The van der Waals surface area contributed by atoms with E-state index in [2.05, 4.69) is 5.32 Å². The van der Waals surface area contributed by atoms with Crippen molar-refractivity contribution in [3.8, 4) is 0 Å². The van der Waals surface area contributed by atoms with Crippen molar-refractivity contribution in [1.82, 2.24) is 15.1 Å². The van der Waals surface area contributed by atoms with Gasteiger partial charge in [0, 0.05) is 33.2 Å². The average Bonchev–Trinajstić information content (AvgIpc) is 2.92. The molecule has 0 bridgehead atoms.